The van der Waals surface area contributed by atoms with Gasteiger partial charge in [0.25, 0.3) is 0 Å². The number of aliphatic carboxylic acids is 1. The number of alkyl halides is 3. The molecule has 1 N–H and O–H groups in total. The number of hydrogen-bond donors (Lipinski definition) is 1. The number of ether oxygens (including phenoxy) is 1. The molecule has 1 saturated heterocycles. The van der Waals surface area contributed by atoms with Crippen LogP contribution >= 0.6 is 0 Å². The average Bonchev–Trinajstić information content (AvgIpc) is 2.74. The van der Waals surface area contributed by atoms with Gasteiger partial charge in [-0.1, -0.05) is 31.2 Å². The standard InChI is InChI=1S/C25H30F3NO3/c1-16-7-9-19(10-8-16)32-22-12-11-20-17(4-2-6-21(20)23(22)25(26,27)28)14-29-13-3-5-18(15-29)24(30)31/h2,4,6,11-12,16,18-19H,3,5,7-10,13-15H2,1H3,(H,30,31). The zero-order valence-corrected chi connectivity index (χ0v) is 18.3. The molecule has 1 aliphatic carbocycles. The van der Waals surface area contributed by atoms with E-state index in [4.69, 9.17) is 4.74 Å². The lowest BCUT2D eigenvalue weighted by Crippen LogP contribution is -2.38. The molecule has 1 aliphatic heterocycles. The van der Waals surface area contributed by atoms with Crippen molar-refractivity contribution in [3.63, 3.8) is 0 Å². The van der Waals surface area contributed by atoms with Crippen LogP contribution in [-0.2, 0) is 17.5 Å². The van der Waals surface area contributed by atoms with Gasteiger partial charge in [0.1, 0.15) is 11.3 Å². The van der Waals surface area contributed by atoms with E-state index in [-0.39, 0.29) is 17.2 Å². The van der Waals surface area contributed by atoms with Crippen molar-refractivity contribution in [1.29, 1.82) is 0 Å². The normalized spacial score (nSPS) is 25.1. The molecule has 174 valence electrons. The van der Waals surface area contributed by atoms with Gasteiger partial charge in [-0.25, -0.2) is 0 Å². The number of carboxylic acid groups (broad SMARTS) is 1. The Morgan fingerprint density at radius 1 is 1.09 bits per heavy atom. The van der Waals surface area contributed by atoms with Crippen molar-refractivity contribution in [2.24, 2.45) is 11.8 Å². The predicted octanol–water partition coefficient (Wildman–Crippen LogP) is 6.11. The second-order valence-corrected chi connectivity index (χ2v) is 9.36. The molecule has 1 heterocycles. The molecule has 2 aromatic rings. The van der Waals surface area contributed by atoms with E-state index in [1.54, 1.807) is 12.1 Å². The summed E-state index contributed by atoms with van der Waals surface area (Å²) in [4.78, 5) is 13.4. The number of likely N-dealkylation sites (tertiary alicyclic amines) is 1. The van der Waals surface area contributed by atoms with Crippen molar-refractivity contribution < 1.29 is 27.8 Å². The molecule has 0 amide bonds. The monoisotopic (exact) mass is 449 g/mol. The summed E-state index contributed by atoms with van der Waals surface area (Å²) < 4.78 is 48.4. The van der Waals surface area contributed by atoms with Gasteiger partial charge < -0.3 is 9.84 Å². The van der Waals surface area contributed by atoms with Crippen LogP contribution in [0.5, 0.6) is 5.75 Å². The molecule has 0 radical (unpaired) electrons. The van der Waals surface area contributed by atoms with Gasteiger partial charge in [-0.05, 0) is 73.4 Å². The topological polar surface area (TPSA) is 49.8 Å². The van der Waals surface area contributed by atoms with E-state index in [0.29, 0.717) is 30.8 Å². The van der Waals surface area contributed by atoms with Gasteiger partial charge in [-0.3, -0.25) is 9.69 Å². The third-order valence-electron chi connectivity index (χ3n) is 6.90. The molecule has 2 fully saturated rings. The van der Waals surface area contributed by atoms with Gasteiger partial charge in [0, 0.05) is 13.1 Å². The Labute approximate surface area is 186 Å². The van der Waals surface area contributed by atoms with E-state index in [9.17, 15) is 23.1 Å². The zero-order chi connectivity index (χ0) is 22.9. The van der Waals surface area contributed by atoms with Crippen LogP contribution in [-0.4, -0.2) is 35.2 Å². The largest absolute Gasteiger partial charge is 0.490 e. The molecule has 7 heteroatoms. The molecular formula is C25H30F3NO3. The van der Waals surface area contributed by atoms with E-state index >= 15 is 0 Å². The lowest BCUT2D eigenvalue weighted by Gasteiger charge is -2.31. The minimum atomic E-state index is -4.53. The summed E-state index contributed by atoms with van der Waals surface area (Å²) in [5.74, 6) is -0.745. The van der Waals surface area contributed by atoms with E-state index < -0.39 is 23.6 Å². The summed E-state index contributed by atoms with van der Waals surface area (Å²) in [7, 11) is 0. The second-order valence-electron chi connectivity index (χ2n) is 9.36. The minimum absolute atomic E-state index is 0.0920. The molecule has 4 nitrogen and oxygen atoms in total. The number of carbonyl (C=O) groups is 1. The molecular weight excluding hydrogens is 419 g/mol. The van der Waals surface area contributed by atoms with Crippen LogP contribution in [0.2, 0.25) is 0 Å². The van der Waals surface area contributed by atoms with Crippen molar-refractivity contribution in [1.82, 2.24) is 4.90 Å². The lowest BCUT2D eigenvalue weighted by molar-refractivity contribution is -0.143. The SMILES string of the molecule is CC1CCC(Oc2ccc3c(CN4CCCC(C(=O)O)C4)cccc3c2C(F)(F)F)CC1. The third-order valence-corrected chi connectivity index (χ3v) is 6.90. The van der Waals surface area contributed by atoms with Gasteiger partial charge in [0.2, 0.25) is 0 Å². The molecule has 0 bridgehead atoms. The Bertz CT molecular complexity index is 967. The second kappa shape index (κ2) is 9.30. The van der Waals surface area contributed by atoms with Crippen molar-refractivity contribution in [3.05, 3.63) is 41.5 Å². The summed E-state index contributed by atoms with van der Waals surface area (Å²) in [6.07, 6.45) is 0.178. The van der Waals surface area contributed by atoms with Gasteiger partial charge in [0.05, 0.1) is 12.0 Å². The zero-order valence-electron chi connectivity index (χ0n) is 18.3. The molecule has 32 heavy (non-hydrogen) atoms. The molecule has 2 aliphatic rings. The number of rotatable bonds is 5. The van der Waals surface area contributed by atoms with Gasteiger partial charge in [0.15, 0.2) is 0 Å². The van der Waals surface area contributed by atoms with Crippen LogP contribution in [0.4, 0.5) is 13.2 Å². The first-order valence-electron chi connectivity index (χ1n) is 11.5. The number of fused-ring (bicyclic) bond motifs is 1. The quantitative estimate of drug-likeness (QED) is 0.598. The van der Waals surface area contributed by atoms with Crippen LogP contribution in [0.15, 0.2) is 30.3 Å². The Morgan fingerprint density at radius 3 is 2.53 bits per heavy atom. The molecule has 2 aromatic carbocycles. The van der Waals surface area contributed by atoms with Gasteiger partial charge >= 0.3 is 12.1 Å². The molecule has 0 spiro atoms. The molecule has 1 saturated carbocycles. The number of hydrogen-bond acceptors (Lipinski definition) is 3. The van der Waals surface area contributed by atoms with E-state index in [1.807, 2.05) is 11.0 Å². The number of piperidine rings is 1. The molecule has 1 unspecified atom stereocenters. The number of halogens is 3. The summed E-state index contributed by atoms with van der Waals surface area (Å²) >= 11 is 0. The maximum atomic E-state index is 14.2. The Balaban J connectivity index is 1.65. The van der Waals surface area contributed by atoms with Crippen molar-refractivity contribution in [3.8, 4) is 5.75 Å². The summed E-state index contributed by atoms with van der Waals surface area (Å²) in [6.45, 7) is 3.75. The van der Waals surface area contributed by atoms with Crippen LogP contribution in [0.1, 0.15) is 56.6 Å². The summed E-state index contributed by atoms with van der Waals surface area (Å²) in [5, 5.41) is 10.0. The van der Waals surface area contributed by atoms with Crippen LogP contribution in [0, 0.1) is 11.8 Å². The lowest BCUT2D eigenvalue weighted by atomic mass is 9.89. The van der Waals surface area contributed by atoms with E-state index in [2.05, 4.69) is 6.92 Å². The first kappa shape index (κ1) is 22.9. The molecule has 4 rings (SSSR count). The Morgan fingerprint density at radius 2 is 1.84 bits per heavy atom. The Kier molecular flexibility index (Phi) is 6.65. The van der Waals surface area contributed by atoms with Crippen LogP contribution in [0.25, 0.3) is 10.8 Å². The first-order chi connectivity index (χ1) is 15.2. The van der Waals surface area contributed by atoms with Gasteiger partial charge in [-0.15, -0.1) is 0 Å². The van der Waals surface area contributed by atoms with Gasteiger partial charge in [-0.2, -0.15) is 13.2 Å². The highest BCUT2D eigenvalue weighted by molar-refractivity contribution is 5.91. The predicted molar refractivity (Wildman–Crippen MR) is 117 cm³/mol. The van der Waals surface area contributed by atoms with Crippen LogP contribution < -0.4 is 4.74 Å². The number of carboxylic acids is 1. The maximum absolute atomic E-state index is 14.2. The third kappa shape index (κ3) is 5.03. The highest BCUT2D eigenvalue weighted by Crippen LogP contribution is 2.43. The highest BCUT2D eigenvalue weighted by atomic mass is 19.4. The molecule has 1 atom stereocenters. The molecule has 0 aromatic heterocycles. The van der Waals surface area contributed by atoms with Crippen molar-refractivity contribution in [2.75, 3.05) is 13.1 Å². The van der Waals surface area contributed by atoms with Crippen molar-refractivity contribution >= 4 is 16.7 Å². The van der Waals surface area contributed by atoms with E-state index in [0.717, 1.165) is 44.2 Å². The van der Waals surface area contributed by atoms with Crippen LogP contribution in [0.3, 0.4) is 0 Å². The fourth-order valence-electron chi connectivity index (χ4n) is 5.10. The number of nitrogens with zero attached hydrogens (tertiary/aromatic N) is 1. The Hall–Kier alpha value is -2.28. The van der Waals surface area contributed by atoms with Crippen molar-refractivity contribution in [2.45, 2.75) is 64.3 Å². The first-order valence-corrected chi connectivity index (χ1v) is 11.5. The maximum Gasteiger partial charge on any atom is 0.420 e. The summed E-state index contributed by atoms with van der Waals surface area (Å²) in [6, 6.07) is 8.17. The fourth-order valence-corrected chi connectivity index (χ4v) is 5.10. The average molecular weight is 450 g/mol. The summed E-state index contributed by atoms with van der Waals surface area (Å²) in [5.41, 5.74) is 0.0645. The number of benzene rings is 2. The fraction of sp³-hybridized carbons (Fsp3) is 0.560. The van der Waals surface area contributed by atoms with E-state index in [1.165, 1.54) is 12.1 Å². The smallest absolute Gasteiger partial charge is 0.420 e. The highest BCUT2D eigenvalue weighted by Gasteiger charge is 2.37. The minimum Gasteiger partial charge on any atom is -0.490 e.